The Morgan fingerprint density at radius 1 is 1.12 bits per heavy atom. The molecule has 1 aromatic heterocycles. The fraction of sp³-hybridized carbons (Fsp3) is 0.474. The molecule has 0 radical (unpaired) electrons. The van der Waals surface area contributed by atoms with E-state index in [0.29, 0.717) is 17.8 Å². The summed E-state index contributed by atoms with van der Waals surface area (Å²) in [6, 6.07) is 11.5. The highest BCUT2D eigenvalue weighted by Crippen LogP contribution is 2.32. The first kappa shape index (κ1) is 15.8. The van der Waals surface area contributed by atoms with E-state index in [-0.39, 0.29) is 5.91 Å². The first-order chi connectivity index (χ1) is 11.8. The standard InChI is InChI=1S/C19H23N3OS/c23-19(16-13-24-14-20-16)22-11-5-9-18(22)17-8-4-10-21(17)12-15-6-2-1-3-7-15/h1-3,6-7,13-14,17-18H,4-5,8-12H2/t17-,18+/m0/s1. The van der Waals surface area contributed by atoms with Crippen molar-refractivity contribution in [3.63, 3.8) is 0 Å². The number of carbonyl (C=O) groups excluding carboxylic acids is 1. The quantitative estimate of drug-likeness (QED) is 0.855. The third-order valence-electron chi connectivity index (χ3n) is 5.30. The molecule has 0 N–H and O–H groups in total. The van der Waals surface area contributed by atoms with Crippen LogP contribution in [0.25, 0.3) is 0 Å². The van der Waals surface area contributed by atoms with Gasteiger partial charge in [-0.3, -0.25) is 9.69 Å². The molecular weight excluding hydrogens is 318 g/mol. The fourth-order valence-electron chi connectivity index (χ4n) is 4.21. The number of hydrogen-bond acceptors (Lipinski definition) is 4. The number of thiazole rings is 1. The van der Waals surface area contributed by atoms with Gasteiger partial charge in [0.15, 0.2) is 0 Å². The lowest BCUT2D eigenvalue weighted by atomic mass is 10.0. The highest BCUT2D eigenvalue weighted by Gasteiger charge is 2.40. The van der Waals surface area contributed by atoms with Gasteiger partial charge in [0, 0.05) is 30.6 Å². The molecule has 2 aliphatic rings. The van der Waals surface area contributed by atoms with Gasteiger partial charge < -0.3 is 4.90 Å². The number of nitrogens with zero attached hydrogens (tertiary/aromatic N) is 3. The number of rotatable bonds is 4. The summed E-state index contributed by atoms with van der Waals surface area (Å²) < 4.78 is 0. The molecule has 4 rings (SSSR count). The van der Waals surface area contributed by atoms with Gasteiger partial charge in [0.25, 0.3) is 5.91 Å². The maximum Gasteiger partial charge on any atom is 0.273 e. The van der Waals surface area contributed by atoms with Crippen molar-refractivity contribution in [2.45, 2.75) is 44.3 Å². The smallest absolute Gasteiger partial charge is 0.273 e. The van der Waals surface area contributed by atoms with Crippen LogP contribution < -0.4 is 0 Å². The largest absolute Gasteiger partial charge is 0.333 e. The van der Waals surface area contributed by atoms with Crippen LogP contribution in [-0.2, 0) is 6.54 Å². The van der Waals surface area contributed by atoms with Crippen LogP contribution in [0.15, 0.2) is 41.2 Å². The van der Waals surface area contributed by atoms with Gasteiger partial charge in [-0.2, -0.15) is 0 Å². The molecule has 3 heterocycles. The van der Waals surface area contributed by atoms with Crippen molar-refractivity contribution in [3.05, 3.63) is 52.5 Å². The maximum atomic E-state index is 12.8. The van der Waals surface area contributed by atoms with Crippen LogP contribution in [0.1, 0.15) is 41.7 Å². The number of hydrogen-bond donors (Lipinski definition) is 0. The number of amides is 1. The maximum absolute atomic E-state index is 12.8. The second-order valence-corrected chi connectivity index (χ2v) is 7.47. The van der Waals surface area contributed by atoms with Crippen LogP contribution >= 0.6 is 11.3 Å². The van der Waals surface area contributed by atoms with Crippen molar-refractivity contribution < 1.29 is 4.79 Å². The summed E-state index contributed by atoms with van der Waals surface area (Å²) in [6.45, 7) is 2.99. The van der Waals surface area contributed by atoms with Crippen LogP contribution in [0.2, 0.25) is 0 Å². The molecule has 2 fully saturated rings. The molecule has 1 aromatic carbocycles. The summed E-state index contributed by atoms with van der Waals surface area (Å²) in [7, 11) is 0. The minimum atomic E-state index is 0.116. The van der Waals surface area contributed by atoms with E-state index in [4.69, 9.17) is 0 Å². The Labute approximate surface area is 147 Å². The highest BCUT2D eigenvalue weighted by atomic mass is 32.1. The predicted molar refractivity (Wildman–Crippen MR) is 96.0 cm³/mol. The Hall–Kier alpha value is -1.72. The second-order valence-electron chi connectivity index (χ2n) is 6.75. The zero-order valence-corrected chi connectivity index (χ0v) is 14.6. The summed E-state index contributed by atoms with van der Waals surface area (Å²) in [5.74, 6) is 0.116. The highest BCUT2D eigenvalue weighted by molar-refractivity contribution is 7.07. The third kappa shape index (κ3) is 3.10. The van der Waals surface area contributed by atoms with Gasteiger partial charge in [0.2, 0.25) is 0 Å². The lowest BCUT2D eigenvalue weighted by Gasteiger charge is -2.35. The summed E-state index contributed by atoms with van der Waals surface area (Å²) in [6.07, 6.45) is 4.65. The van der Waals surface area contributed by atoms with E-state index in [9.17, 15) is 4.79 Å². The number of benzene rings is 1. The molecule has 2 saturated heterocycles. The molecule has 24 heavy (non-hydrogen) atoms. The summed E-state index contributed by atoms with van der Waals surface area (Å²) in [4.78, 5) is 21.7. The summed E-state index contributed by atoms with van der Waals surface area (Å²) >= 11 is 1.49. The Kier molecular flexibility index (Phi) is 4.63. The van der Waals surface area contributed by atoms with Crippen molar-refractivity contribution >= 4 is 17.2 Å². The van der Waals surface area contributed by atoms with Crippen molar-refractivity contribution in [3.8, 4) is 0 Å². The van der Waals surface area contributed by atoms with Crippen LogP contribution in [0.3, 0.4) is 0 Å². The molecule has 126 valence electrons. The number of aromatic nitrogens is 1. The number of likely N-dealkylation sites (tertiary alicyclic amines) is 2. The van der Waals surface area contributed by atoms with E-state index in [1.807, 2.05) is 5.38 Å². The molecule has 0 saturated carbocycles. The summed E-state index contributed by atoms with van der Waals surface area (Å²) in [5.41, 5.74) is 3.72. The normalized spacial score (nSPS) is 24.6. The molecular formula is C19H23N3OS. The first-order valence-electron chi connectivity index (χ1n) is 8.80. The molecule has 2 aromatic rings. The van der Waals surface area contributed by atoms with Crippen LogP contribution in [0.4, 0.5) is 0 Å². The molecule has 1 amide bonds. The van der Waals surface area contributed by atoms with E-state index >= 15 is 0 Å². The van der Waals surface area contributed by atoms with Crippen LogP contribution in [-0.4, -0.2) is 45.9 Å². The third-order valence-corrected chi connectivity index (χ3v) is 5.88. The molecule has 5 heteroatoms. The minimum absolute atomic E-state index is 0.116. The van der Waals surface area contributed by atoms with Gasteiger partial charge in [-0.05, 0) is 37.8 Å². The Bertz CT molecular complexity index is 673. The molecule has 0 aliphatic carbocycles. The average molecular weight is 341 g/mol. The van der Waals surface area contributed by atoms with Gasteiger partial charge in [-0.15, -0.1) is 11.3 Å². The molecule has 0 bridgehead atoms. The van der Waals surface area contributed by atoms with Crippen LogP contribution in [0.5, 0.6) is 0 Å². The van der Waals surface area contributed by atoms with Gasteiger partial charge >= 0.3 is 0 Å². The molecule has 4 nitrogen and oxygen atoms in total. The monoisotopic (exact) mass is 341 g/mol. The fourth-order valence-corrected chi connectivity index (χ4v) is 4.74. The van der Waals surface area contributed by atoms with Crippen molar-refractivity contribution in [2.75, 3.05) is 13.1 Å². The zero-order valence-electron chi connectivity index (χ0n) is 13.8. The van der Waals surface area contributed by atoms with Crippen molar-refractivity contribution in [1.82, 2.24) is 14.8 Å². The molecule has 2 atom stereocenters. The minimum Gasteiger partial charge on any atom is -0.333 e. The lowest BCUT2D eigenvalue weighted by molar-refractivity contribution is 0.0634. The van der Waals surface area contributed by atoms with E-state index in [0.717, 1.165) is 32.5 Å². The average Bonchev–Trinajstić information content (AvgIpc) is 3.36. The van der Waals surface area contributed by atoms with Crippen molar-refractivity contribution in [2.24, 2.45) is 0 Å². The lowest BCUT2D eigenvalue weighted by Crippen LogP contribution is -2.48. The van der Waals surface area contributed by atoms with Crippen LogP contribution in [0, 0.1) is 0 Å². The topological polar surface area (TPSA) is 36.4 Å². The van der Waals surface area contributed by atoms with E-state index in [2.05, 4.69) is 45.1 Å². The molecule has 2 aliphatic heterocycles. The summed E-state index contributed by atoms with van der Waals surface area (Å²) in [5, 5.41) is 1.87. The zero-order chi connectivity index (χ0) is 16.4. The van der Waals surface area contributed by atoms with E-state index in [1.54, 1.807) is 5.51 Å². The van der Waals surface area contributed by atoms with E-state index < -0.39 is 0 Å². The van der Waals surface area contributed by atoms with Gasteiger partial charge in [-0.25, -0.2) is 4.98 Å². The van der Waals surface area contributed by atoms with E-state index in [1.165, 1.54) is 29.7 Å². The predicted octanol–water partition coefficient (Wildman–Crippen LogP) is 3.41. The Morgan fingerprint density at radius 2 is 1.92 bits per heavy atom. The second kappa shape index (κ2) is 7.03. The Balaban J connectivity index is 1.49. The number of carbonyl (C=O) groups is 1. The Morgan fingerprint density at radius 3 is 2.71 bits per heavy atom. The van der Waals surface area contributed by atoms with Crippen molar-refractivity contribution in [1.29, 1.82) is 0 Å². The SMILES string of the molecule is O=C(c1cscn1)N1CCC[C@@H]1[C@@H]1CCCN1Cc1ccccc1. The molecule has 0 unspecified atom stereocenters. The van der Waals surface area contributed by atoms with Gasteiger partial charge in [-0.1, -0.05) is 30.3 Å². The van der Waals surface area contributed by atoms with Gasteiger partial charge in [0.05, 0.1) is 5.51 Å². The first-order valence-corrected chi connectivity index (χ1v) is 9.74. The van der Waals surface area contributed by atoms with Gasteiger partial charge in [0.1, 0.15) is 5.69 Å². The molecule has 0 spiro atoms.